The van der Waals surface area contributed by atoms with Crippen LogP contribution in [0.25, 0.3) is 244 Å². The van der Waals surface area contributed by atoms with Crippen LogP contribution in [0.1, 0.15) is 22.3 Å². The molecule has 0 atom stereocenters. The molecule has 0 amide bonds. The van der Waals surface area contributed by atoms with Crippen LogP contribution in [0.2, 0.25) is 0 Å². The van der Waals surface area contributed by atoms with Crippen LogP contribution in [-0.4, -0.2) is 44.9 Å². The summed E-state index contributed by atoms with van der Waals surface area (Å²) in [5.41, 5.74) is 34.8. The minimum Gasteiger partial charge on any atom is -0.256 e. The van der Waals surface area contributed by atoms with Gasteiger partial charge >= 0.3 is 0 Å². The molecule has 147 heavy (non-hydrogen) atoms. The van der Waals surface area contributed by atoms with E-state index in [4.69, 9.17) is 39.9 Å². The lowest BCUT2D eigenvalue weighted by atomic mass is 9.67. The highest BCUT2D eigenvalue weighted by Crippen LogP contribution is 2.57. The topological polar surface area (TPSA) is 116 Å². The Kier molecular flexibility index (Phi) is 22.7. The molecule has 0 aliphatic heterocycles. The molecular weight excluding hydrogens is 1780 g/mol. The van der Waals surface area contributed by atoms with Gasteiger partial charge in [-0.1, -0.05) is 443 Å². The van der Waals surface area contributed by atoms with Crippen molar-refractivity contribution < 1.29 is 0 Å². The van der Waals surface area contributed by atoms with Gasteiger partial charge in [-0.2, -0.15) is 0 Å². The van der Waals surface area contributed by atoms with Crippen molar-refractivity contribution in [2.45, 2.75) is 5.41 Å². The number of hydrogen-bond acceptors (Lipinski definition) is 9. The van der Waals surface area contributed by atoms with Gasteiger partial charge in [0.1, 0.15) is 0 Å². The summed E-state index contributed by atoms with van der Waals surface area (Å²) in [7, 11) is 0. The molecule has 0 fully saturated rings. The van der Waals surface area contributed by atoms with Gasteiger partial charge in [0.15, 0.2) is 17.5 Å². The Labute approximate surface area is 850 Å². The van der Waals surface area contributed by atoms with E-state index in [1.165, 1.54) is 60.7 Å². The first-order valence-electron chi connectivity index (χ1n) is 49.8. The highest BCUT2D eigenvalue weighted by molar-refractivity contribution is 6.15. The third kappa shape index (κ3) is 16.6. The van der Waals surface area contributed by atoms with Crippen LogP contribution in [0.15, 0.2) is 540 Å². The van der Waals surface area contributed by atoms with Gasteiger partial charge in [-0.25, -0.2) is 39.9 Å². The van der Waals surface area contributed by atoms with Crippen molar-refractivity contribution in [2.24, 2.45) is 0 Å². The van der Waals surface area contributed by atoms with Crippen molar-refractivity contribution in [1.29, 1.82) is 0 Å². The van der Waals surface area contributed by atoms with Crippen LogP contribution in [0.4, 0.5) is 0 Å². The third-order valence-electron chi connectivity index (χ3n) is 28.5. The van der Waals surface area contributed by atoms with E-state index in [9.17, 15) is 0 Å². The molecule has 0 unspecified atom stereocenters. The Morgan fingerprint density at radius 1 is 0.150 bits per heavy atom. The van der Waals surface area contributed by atoms with Crippen LogP contribution >= 0.6 is 0 Å². The number of nitrogens with zero attached hydrogens (tertiary/aromatic N) is 9. The predicted octanol–water partition coefficient (Wildman–Crippen LogP) is 34.9. The summed E-state index contributed by atoms with van der Waals surface area (Å²) in [5, 5.41) is 13.5. The second kappa shape index (κ2) is 38.1. The standard InChI is InChI=1S/C60H39N3.C44H28N4.C34H22N2/c1-5-17-41(18-6-1)57-51-36-33-40-31-32-44(38-52(40)58(51)63-59(62-57)42-19-7-2-8-20-42)43-21-15-22-45(37-43)55-29-16-30-56(61-55)46-34-35-50-49-27-13-14-28-53(49)60(54(50)39-46,47-23-9-3-10-24-47)48-25-11-4-12-26-48;1-3-10-31(11-4-1)42-37-24-23-29-19-21-34(27-38(29)43(37)48-44(47-42)32-12-5-2-6-13-32)33-14-7-15-35(26-33)39-17-8-18-40(46-39)36-22-20-30-16-9-25-45-41(30)28-36;1-3-11-25(12-4-1)32-30-21-20-24-18-19-27(29-17-9-15-23-10-7-8-16-28(23)29)22-31(24)33(30)36-34(35-32)26-13-5-2-6-14-26/h1-39H;1-28H;1-22H. The van der Waals surface area contributed by atoms with E-state index in [1.54, 1.807) is 0 Å². The molecule has 21 aromatic carbocycles. The quantitative estimate of drug-likeness (QED) is 0.0925. The fourth-order valence-corrected chi connectivity index (χ4v) is 21.4. The van der Waals surface area contributed by atoms with Gasteiger partial charge in [0.2, 0.25) is 0 Å². The molecule has 6 heterocycles. The van der Waals surface area contributed by atoms with Crippen molar-refractivity contribution in [2.75, 3.05) is 0 Å². The number of hydrogen-bond donors (Lipinski definition) is 0. The van der Waals surface area contributed by atoms with Crippen LogP contribution < -0.4 is 0 Å². The van der Waals surface area contributed by atoms with Crippen LogP contribution in [0, 0.1) is 0 Å². The molecule has 1 aliphatic rings. The molecule has 686 valence electrons. The largest absolute Gasteiger partial charge is 0.256 e. The number of fused-ring (bicyclic) bond motifs is 14. The van der Waals surface area contributed by atoms with E-state index < -0.39 is 5.41 Å². The van der Waals surface area contributed by atoms with Crippen LogP contribution in [0.5, 0.6) is 0 Å². The molecule has 0 spiro atoms. The average Bonchev–Trinajstić information content (AvgIpc) is 1.54. The summed E-state index contributed by atoms with van der Waals surface area (Å²) < 4.78 is 0. The molecule has 1 aliphatic carbocycles. The van der Waals surface area contributed by atoms with E-state index in [0.29, 0.717) is 5.82 Å². The minimum absolute atomic E-state index is 0.472. The zero-order chi connectivity index (χ0) is 97.5. The molecule has 9 heteroatoms. The monoisotopic (exact) mass is 1870 g/mol. The summed E-state index contributed by atoms with van der Waals surface area (Å²) in [6.07, 6.45) is 1.83. The summed E-state index contributed by atoms with van der Waals surface area (Å²) in [6.45, 7) is 0. The number of benzene rings is 21. The SMILES string of the molecule is c1ccc(-c2nc(-c3ccccc3)c3ccc4ccc(-c5cccc(-c6cccc(-c7ccc8c(c7)C(c7ccccc7)(c7ccccc7)c7ccccc7-8)n6)c5)cc4c3n2)cc1.c1ccc(-c2nc(-c3ccccc3)c3ccc4ccc(-c5cccc(-c6cccc(-c7ccc8cccnc8c7)n6)c5)cc4c3n2)cc1.c1ccc(-c2nc(-c3ccccc3)c3ccc4ccc(-c5cccc6ccccc56)cc4c3n2)cc1. The van der Waals surface area contributed by atoms with Crippen molar-refractivity contribution >= 4 is 86.7 Å². The lowest BCUT2D eigenvalue weighted by Crippen LogP contribution is -2.28. The Hall–Kier alpha value is -19.6. The van der Waals surface area contributed by atoms with Gasteiger partial charge in [0.05, 0.1) is 67.3 Å². The second-order valence-electron chi connectivity index (χ2n) is 37.3. The molecule has 28 rings (SSSR count). The third-order valence-corrected chi connectivity index (χ3v) is 28.5. The molecule has 0 bridgehead atoms. The Balaban J connectivity index is 0.000000116. The maximum Gasteiger partial charge on any atom is 0.160 e. The van der Waals surface area contributed by atoms with Crippen molar-refractivity contribution in [3.05, 3.63) is 562 Å². The van der Waals surface area contributed by atoms with Crippen LogP contribution in [-0.2, 0) is 5.41 Å². The number of aromatic nitrogens is 9. The summed E-state index contributed by atoms with van der Waals surface area (Å²) in [4.78, 5) is 45.9. The molecule has 9 nitrogen and oxygen atoms in total. The van der Waals surface area contributed by atoms with E-state index >= 15 is 0 Å². The summed E-state index contributed by atoms with van der Waals surface area (Å²) in [5.74, 6) is 2.17. The van der Waals surface area contributed by atoms with Gasteiger partial charge in [0, 0.05) is 99.5 Å². The maximum atomic E-state index is 5.37. The van der Waals surface area contributed by atoms with Gasteiger partial charge in [-0.05, 0) is 185 Å². The van der Waals surface area contributed by atoms with Crippen molar-refractivity contribution in [3.8, 4) is 157 Å². The van der Waals surface area contributed by atoms with Gasteiger partial charge in [-0.3, -0.25) is 4.98 Å². The lowest BCUT2D eigenvalue weighted by Gasteiger charge is -2.34. The second-order valence-corrected chi connectivity index (χ2v) is 37.3. The highest BCUT2D eigenvalue weighted by atomic mass is 14.9. The minimum atomic E-state index is -0.472. The smallest absolute Gasteiger partial charge is 0.160 e. The average molecular weight is 1870 g/mol. The van der Waals surface area contributed by atoms with Crippen molar-refractivity contribution in [1.82, 2.24) is 44.9 Å². The molecule has 0 saturated heterocycles. The first-order chi connectivity index (χ1) is 72.8. The van der Waals surface area contributed by atoms with Crippen molar-refractivity contribution in [3.63, 3.8) is 0 Å². The fraction of sp³-hybridized carbons (Fsp3) is 0.00725. The molecule has 0 radical (unpaired) electrons. The lowest BCUT2D eigenvalue weighted by molar-refractivity contribution is 0.768. The molecule has 0 N–H and O–H groups in total. The Bertz CT molecular complexity index is 9680. The molecule has 0 saturated carbocycles. The van der Waals surface area contributed by atoms with E-state index in [2.05, 4.69) is 460 Å². The first kappa shape index (κ1) is 87.6. The van der Waals surface area contributed by atoms with Gasteiger partial charge < -0.3 is 0 Å². The Morgan fingerprint density at radius 2 is 0.456 bits per heavy atom. The highest BCUT2D eigenvalue weighted by Gasteiger charge is 2.46. The fourth-order valence-electron chi connectivity index (χ4n) is 21.4. The first-order valence-corrected chi connectivity index (χ1v) is 49.8. The van der Waals surface area contributed by atoms with Crippen LogP contribution in [0.3, 0.4) is 0 Å². The molecule has 6 aromatic heterocycles. The number of rotatable bonds is 15. The summed E-state index contributed by atoms with van der Waals surface area (Å²) >= 11 is 0. The summed E-state index contributed by atoms with van der Waals surface area (Å²) in [6, 6.07) is 188. The van der Waals surface area contributed by atoms with Gasteiger partial charge in [0.25, 0.3) is 0 Å². The predicted molar refractivity (Wildman–Crippen MR) is 608 cm³/mol. The number of pyridine rings is 3. The Morgan fingerprint density at radius 3 is 0.925 bits per heavy atom. The zero-order valence-corrected chi connectivity index (χ0v) is 79.9. The normalized spacial score (nSPS) is 11.9. The van der Waals surface area contributed by atoms with E-state index in [-0.39, 0.29) is 0 Å². The maximum absolute atomic E-state index is 5.37. The zero-order valence-electron chi connectivity index (χ0n) is 79.9. The molecule has 27 aromatic rings. The van der Waals surface area contributed by atoms with E-state index in [0.717, 1.165) is 200 Å². The van der Waals surface area contributed by atoms with Gasteiger partial charge in [-0.15, -0.1) is 0 Å². The molecular formula is C138H89N9. The van der Waals surface area contributed by atoms with E-state index in [1.807, 2.05) is 85.1 Å².